The van der Waals surface area contributed by atoms with Crippen LogP contribution in [0.15, 0.2) is 0 Å². The van der Waals surface area contributed by atoms with Crippen LogP contribution in [0.25, 0.3) is 0 Å². The van der Waals surface area contributed by atoms with E-state index in [1.807, 2.05) is 0 Å². The summed E-state index contributed by atoms with van der Waals surface area (Å²) in [6.45, 7) is 3.14. The molecule has 0 saturated carbocycles. The van der Waals surface area contributed by atoms with Gasteiger partial charge in [0.1, 0.15) is 0 Å². The average molecular weight is 261 g/mol. The van der Waals surface area contributed by atoms with Crippen molar-refractivity contribution in [3.8, 4) is 0 Å². The van der Waals surface area contributed by atoms with Gasteiger partial charge in [-0.15, -0.1) is 0 Å². The van der Waals surface area contributed by atoms with Crippen molar-refractivity contribution >= 4 is 51.4 Å². The van der Waals surface area contributed by atoms with Crippen LogP contribution in [-0.4, -0.2) is 63.4 Å². The maximum atomic E-state index is 5.42. The summed E-state index contributed by atoms with van der Waals surface area (Å²) in [7, 11) is 0. The molecule has 0 heterocycles. The van der Waals surface area contributed by atoms with Crippen LogP contribution in [0.3, 0.4) is 0 Å². The Labute approximate surface area is 145 Å². The molecular weight excluding hydrogens is 227 g/mol. The van der Waals surface area contributed by atoms with Gasteiger partial charge in [-0.25, -0.2) is 0 Å². The fourth-order valence-electron chi connectivity index (χ4n) is 1.63. The van der Waals surface area contributed by atoms with Crippen LogP contribution >= 0.6 is 0 Å². The van der Waals surface area contributed by atoms with Crippen LogP contribution in [0.4, 0.5) is 0 Å². The topological polar surface area (TPSA) is 92.5 Å². The van der Waals surface area contributed by atoms with E-state index in [2.05, 4.69) is 6.92 Å². The van der Waals surface area contributed by atoms with Crippen LogP contribution in [0.1, 0.15) is 71.1 Å². The molecule has 0 aromatic rings. The van der Waals surface area contributed by atoms with E-state index in [1.165, 1.54) is 64.2 Å². The Morgan fingerprint density at radius 1 is 0.688 bits per heavy atom. The quantitative estimate of drug-likeness (QED) is 0.466. The minimum atomic E-state index is 0. The second-order valence-electron chi connectivity index (χ2n) is 3.97. The average Bonchev–Trinajstić information content (AvgIpc) is 2.16. The van der Waals surface area contributed by atoms with Crippen LogP contribution in [0.5, 0.6) is 0 Å². The molecule has 98 valence electrons. The van der Waals surface area contributed by atoms with Gasteiger partial charge in [0.25, 0.3) is 0 Å². The monoisotopic (exact) mass is 260 g/mol. The van der Waals surface area contributed by atoms with Gasteiger partial charge >= 0.3 is 51.4 Å². The molecule has 0 aliphatic carbocycles. The molecule has 0 saturated heterocycles. The van der Waals surface area contributed by atoms with E-state index in [0.717, 1.165) is 6.54 Å². The fourth-order valence-corrected chi connectivity index (χ4v) is 1.63. The summed E-state index contributed by atoms with van der Waals surface area (Å²) in [5, 5.41) is 0. The van der Waals surface area contributed by atoms with Crippen LogP contribution < -0.4 is 11.9 Å². The second kappa shape index (κ2) is 25.4. The molecule has 0 spiro atoms. The van der Waals surface area contributed by atoms with Gasteiger partial charge < -0.3 is 17.4 Å². The van der Waals surface area contributed by atoms with Crippen molar-refractivity contribution in [1.29, 1.82) is 0 Å². The Morgan fingerprint density at radius 2 is 1.00 bits per heavy atom. The molecule has 0 radical (unpaired) electrons. The molecule has 0 atom stereocenters. The van der Waals surface area contributed by atoms with E-state index in [1.54, 1.807) is 0 Å². The molecule has 0 aromatic heterocycles. The summed E-state index contributed by atoms with van der Waals surface area (Å²) >= 11 is 0. The van der Waals surface area contributed by atoms with Crippen molar-refractivity contribution in [2.45, 2.75) is 71.1 Å². The molecule has 0 unspecified atom stereocenters. The Balaban J connectivity index is -0.000000240. The molecule has 0 bridgehead atoms. The van der Waals surface area contributed by atoms with Crippen molar-refractivity contribution in [1.82, 2.24) is 6.15 Å². The second-order valence-corrected chi connectivity index (χ2v) is 3.97. The van der Waals surface area contributed by atoms with Gasteiger partial charge in [-0.05, 0) is 13.0 Å². The molecule has 7 N–H and O–H groups in total. The van der Waals surface area contributed by atoms with E-state index in [-0.39, 0.29) is 63.0 Å². The molecule has 0 aromatic carbocycles. The fraction of sp³-hybridized carbons (Fsp3) is 1.00. The molecule has 4 heteroatoms. The van der Waals surface area contributed by atoms with Crippen molar-refractivity contribution < 1.29 is 5.48 Å². The Bertz CT molecular complexity index is 85.1. The zero-order valence-electron chi connectivity index (χ0n) is 10.6. The first-order chi connectivity index (χ1) is 6.41. The van der Waals surface area contributed by atoms with Gasteiger partial charge in [0.2, 0.25) is 0 Å². The van der Waals surface area contributed by atoms with Gasteiger partial charge in [0, 0.05) is 0 Å². The first kappa shape index (κ1) is 26.2. The first-order valence-corrected chi connectivity index (χ1v) is 6.12. The summed E-state index contributed by atoms with van der Waals surface area (Å²) in [5.74, 6) is 0. The normalized spacial score (nSPS) is 8.62. The molecule has 0 fully saturated rings. The molecule has 0 aliphatic rings. The van der Waals surface area contributed by atoms with E-state index < -0.39 is 0 Å². The SMILES string of the molecule is CCCCCCCCCCCCN.N.O.[KH]. The van der Waals surface area contributed by atoms with E-state index in [9.17, 15) is 0 Å². The third-order valence-corrected chi connectivity index (χ3v) is 2.56. The molecule has 3 nitrogen and oxygen atoms in total. The Morgan fingerprint density at radius 3 is 1.31 bits per heavy atom. The predicted octanol–water partition coefficient (Wildman–Crippen LogP) is 2.55. The number of hydrogen-bond donors (Lipinski definition) is 2. The van der Waals surface area contributed by atoms with Gasteiger partial charge in [-0.2, -0.15) is 0 Å². The van der Waals surface area contributed by atoms with Crippen molar-refractivity contribution in [3.05, 3.63) is 0 Å². The van der Waals surface area contributed by atoms with Crippen LogP contribution in [0, 0.1) is 0 Å². The maximum absolute atomic E-state index is 5.42. The molecule has 0 amide bonds. The van der Waals surface area contributed by atoms with Crippen LogP contribution in [0.2, 0.25) is 0 Å². The standard InChI is InChI=1S/C12H27N.K.H3N.H2O.H/c1-2-3-4-5-6-7-8-9-10-11-12-13;;;;/h2-13H2,1H3;;1H3;1H2;. The summed E-state index contributed by atoms with van der Waals surface area (Å²) in [4.78, 5) is 0. The van der Waals surface area contributed by atoms with Gasteiger partial charge in [-0.3, -0.25) is 0 Å². The molecular formula is C12H33KN2O. The van der Waals surface area contributed by atoms with Gasteiger partial charge in [0.15, 0.2) is 0 Å². The summed E-state index contributed by atoms with van der Waals surface area (Å²) in [6.07, 6.45) is 13.9. The van der Waals surface area contributed by atoms with Gasteiger partial charge in [0.05, 0.1) is 0 Å². The van der Waals surface area contributed by atoms with Crippen molar-refractivity contribution in [2.24, 2.45) is 5.73 Å². The summed E-state index contributed by atoms with van der Waals surface area (Å²) in [6, 6.07) is 0. The Hall–Kier alpha value is 1.52. The minimum absolute atomic E-state index is 0. The summed E-state index contributed by atoms with van der Waals surface area (Å²) in [5.41, 5.74) is 5.42. The third kappa shape index (κ3) is 24.7. The summed E-state index contributed by atoms with van der Waals surface area (Å²) < 4.78 is 0. The zero-order chi connectivity index (χ0) is 9.78. The van der Waals surface area contributed by atoms with Gasteiger partial charge in [-0.1, -0.05) is 64.7 Å². The first-order valence-electron chi connectivity index (χ1n) is 6.12. The molecule has 16 heavy (non-hydrogen) atoms. The Kier molecular flexibility index (Phi) is 41.5. The number of unbranched alkanes of at least 4 members (excludes halogenated alkanes) is 9. The third-order valence-electron chi connectivity index (χ3n) is 2.56. The van der Waals surface area contributed by atoms with E-state index in [4.69, 9.17) is 5.73 Å². The molecule has 0 aliphatic heterocycles. The van der Waals surface area contributed by atoms with Crippen molar-refractivity contribution in [3.63, 3.8) is 0 Å². The zero-order valence-corrected chi connectivity index (χ0v) is 10.6. The molecule has 0 rings (SSSR count). The number of hydrogen-bond acceptors (Lipinski definition) is 2. The number of rotatable bonds is 10. The van der Waals surface area contributed by atoms with Crippen LogP contribution in [-0.2, 0) is 0 Å². The van der Waals surface area contributed by atoms with E-state index >= 15 is 0 Å². The van der Waals surface area contributed by atoms with E-state index in [0.29, 0.717) is 0 Å². The number of nitrogens with two attached hydrogens (primary N) is 1. The predicted molar refractivity (Wildman–Crippen MR) is 76.7 cm³/mol. The van der Waals surface area contributed by atoms with Crippen molar-refractivity contribution in [2.75, 3.05) is 6.54 Å².